The maximum atomic E-state index is 3.57. The molecular formula is C16H25N. The largest absolute Gasteiger partial charge is 0.316 e. The van der Waals surface area contributed by atoms with Crippen LogP contribution in [0.2, 0.25) is 0 Å². The molecule has 1 saturated carbocycles. The average Bonchev–Trinajstić information content (AvgIpc) is 2.26. The Bertz CT molecular complexity index is 370. The number of benzene rings is 1. The van der Waals surface area contributed by atoms with Gasteiger partial charge in [0.05, 0.1) is 0 Å². The van der Waals surface area contributed by atoms with Crippen LogP contribution in [0.15, 0.2) is 18.2 Å². The number of hydrogen-bond acceptors (Lipinski definition) is 1. The van der Waals surface area contributed by atoms with E-state index in [1.54, 1.807) is 5.56 Å². The molecule has 0 saturated heterocycles. The van der Waals surface area contributed by atoms with Gasteiger partial charge in [0.25, 0.3) is 0 Å². The Morgan fingerprint density at radius 3 is 2.65 bits per heavy atom. The summed E-state index contributed by atoms with van der Waals surface area (Å²) in [5, 5.41) is 3.57. The van der Waals surface area contributed by atoms with Crippen LogP contribution in [-0.4, -0.2) is 13.1 Å². The summed E-state index contributed by atoms with van der Waals surface area (Å²) in [6, 6.07) is 6.93. The van der Waals surface area contributed by atoms with Gasteiger partial charge >= 0.3 is 0 Å². The third-order valence-electron chi connectivity index (χ3n) is 4.08. The molecule has 2 rings (SSSR count). The zero-order chi connectivity index (χ0) is 12.3. The lowest BCUT2D eigenvalue weighted by Gasteiger charge is -2.38. The van der Waals surface area contributed by atoms with Crippen molar-refractivity contribution >= 4 is 0 Å². The summed E-state index contributed by atoms with van der Waals surface area (Å²) in [6.45, 7) is 9.03. The van der Waals surface area contributed by atoms with Gasteiger partial charge in [-0.25, -0.2) is 0 Å². The highest BCUT2D eigenvalue weighted by Gasteiger charge is 2.32. The molecule has 1 aliphatic carbocycles. The lowest BCUT2D eigenvalue weighted by molar-refractivity contribution is 0.245. The van der Waals surface area contributed by atoms with E-state index in [0.29, 0.717) is 0 Å². The van der Waals surface area contributed by atoms with Gasteiger partial charge in [-0.05, 0) is 69.2 Å². The summed E-state index contributed by atoms with van der Waals surface area (Å²) < 4.78 is 0. The molecule has 2 atom stereocenters. The summed E-state index contributed by atoms with van der Waals surface area (Å²) in [5.74, 6) is 1.67. The van der Waals surface area contributed by atoms with Crippen LogP contribution >= 0.6 is 0 Å². The standard InChI is InChI=1S/C16H25N/c1-4-9-17-11-14-6-8-16(14)15-7-5-12(2)10-13(15)3/h5,7,10,14,16-17H,4,6,8-9,11H2,1-3H3. The summed E-state index contributed by atoms with van der Waals surface area (Å²) in [5.41, 5.74) is 4.45. The smallest absolute Gasteiger partial charge is 0.00147 e. The summed E-state index contributed by atoms with van der Waals surface area (Å²) in [4.78, 5) is 0. The Morgan fingerprint density at radius 1 is 1.24 bits per heavy atom. The predicted molar refractivity (Wildman–Crippen MR) is 74.5 cm³/mol. The van der Waals surface area contributed by atoms with Crippen LogP contribution in [0.5, 0.6) is 0 Å². The predicted octanol–water partition coefficient (Wildman–Crippen LogP) is 3.80. The van der Waals surface area contributed by atoms with E-state index in [-0.39, 0.29) is 0 Å². The lowest BCUT2D eigenvalue weighted by atomic mass is 9.69. The molecular weight excluding hydrogens is 206 g/mol. The third-order valence-corrected chi connectivity index (χ3v) is 4.08. The van der Waals surface area contributed by atoms with E-state index in [2.05, 4.69) is 44.3 Å². The Morgan fingerprint density at radius 2 is 2.06 bits per heavy atom. The van der Waals surface area contributed by atoms with E-state index in [1.165, 1.54) is 36.9 Å². The fraction of sp³-hybridized carbons (Fsp3) is 0.625. The third kappa shape index (κ3) is 2.90. The number of nitrogens with one attached hydrogen (secondary N) is 1. The van der Waals surface area contributed by atoms with E-state index in [4.69, 9.17) is 0 Å². The van der Waals surface area contributed by atoms with E-state index in [0.717, 1.165) is 18.4 Å². The van der Waals surface area contributed by atoms with Crippen molar-refractivity contribution < 1.29 is 0 Å². The van der Waals surface area contributed by atoms with Gasteiger partial charge in [-0.15, -0.1) is 0 Å². The molecule has 0 amide bonds. The van der Waals surface area contributed by atoms with Gasteiger partial charge < -0.3 is 5.32 Å². The number of hydrogen-bond donors (Lipinski definition) is 1. The lowest BCUT2D eigenvalue weighted by Crippen LogP contribution is -2.34. The van der Waals surface area contributed by atoms with Gasteiger partial charge in [-0.3, -0.25) is 0 Å². The molecule has 1 aromatic carbocycles. The van der Waals surface area contributed by atoms with Crippen LogP contribution in [0.4, 0.5) is 0 Å². The fourth-order valence-electron chi connectivity index (χ4n) is 2.93. The van der Waals surface area contributed by atoms with Crippen molar-refractivity contribution in [3.8, 4) is 0 Å². The highest BCUT2D eigenvalue weighted by atomic mass is 14.9. The molecule has 1 aromatic rings. The van der Waals surface area contributed by atoms with E-state index in [9.17, 15) is 0 Å². The fourth-order valence-corrected chi connectivity index (χ4v) is 2.93. The second-order valence-electron chi connectivity index (χ2n) is 5.51. The first-order chi connectivity index (χ1) is 8.22. The monoisotopic (exact) mass is 231 g/mol. The summed E-state index contributed by atoms with van der Waals surface area (Å²) in [6.07, 6.45) is 4.01. The molecule has 0 aliphatic heterocycles. The van der Waals surface area contributed by atoms with E-state index < -0.39 is 0 Å². The van der Waals surface area contributed by atoms with Crippen molar-refractivity contribution in [3.63, 3.8) is 0 Å². The summed E-state index contributed by atoms with van der Waals surface area (Å²) >= 11 is 0. The molecule has 17 heavy (non-hydrogen) atoms. The maximum absolute atomic E-state index is 3.57. The van der Waals surface area contributed by atoms with Crippen molar-refractivity contribution in [1.29, 1.82) is 0 Å². The van der Waals surface area contributed by atoms with Crippen molar-refractivity contribution in [1.82, 2.24) is 5.32 Å². The molecule has 0 aromatic heterocycles. The van der Waals surface area contributed by atoms with Gasteiger partial charge in [0.1, 0.15) is 0 Å². The van der Waals surface area contributed by atoms with Gasteiger partial charge in [0.2, 0.25) is 0 Å². The summed E-state index contributed by atoms with van der Waals surface area (Å²) in [7, 11) is 0. The molecule has 0 heterocycles. The molecule has 1 aliphatic rings. The number of rotatable bonds is 5. The average molecular weight is 231 g/mol. The zero-order valence-electron chi connectivity index (χ0n) is 11.4. The molecule has 1 nitrogen and oxygen atoms in total. The van der Waals surface area contributed by atoms with E-state index >= 15 is 0 Å². The second kappa shape index (κ2) is 5.68. The minimum atomic E-state index is 0.806. The molecule has 0 spiro atoms. The highest BCUT2D eigenvalue weighted by molar-refractivity contribution is 5.34. The quantitative estimate of drug-likeness (QED) is 0.760. The molecule has 0 bridgehead atoms. The number of aryl methyl sites for hydroxylation is 2. The Hall–Kier alpha value is -0.820. The molecule has 0 radical (unpaired) electrons. The van der Waals surface area contributed by atoms with Crippen LogP contribution in [0.3, 0.4) is 0 Å². The Balaban J connectivity index is 1.97. The van der Waals surface area contributed by atoms with Crippen LogP contribution < -0.4 is 5.32 Å². The van der Waals surface area contributed by atoms with Gasteiger partial charge in [-0.1, -0.05) is 30.7 Å². The highest BCUT2D eigenvalue weighted by Crippen LogP contribution is 2.43. The van der Waals surface area contributed by atoms with Crippen LogP contribution in [0.25, 0.3) is 0 Å². The minimum absolute atomic E-state index is 0.806. The first-order valence-electron chi connectivity index (χ1n) is 7.00. The molecule has 1 N–H and O–H groups in total. The van der Waals surface area contributed by atoms with Crippen molar-refractivity contribution in [2.45, 2.75) is 46.0 Å². The molecule has 2 unspecified atom stereocenters. The van der Waals surface area contributed by atoms with Crippen molar-refractivity contribution in [3.05, 3.63) is 34.9 Å². The molecule has 1 fully saturated rings. The van der Waals surface area contributed by atoms with Crippen LogP contribution in [0, 0.1) is 19.8 Å². The SMILES string of the molecule is CCCNCC1CCC1c1ccc(C)cc1C. The first kappa shape index (κ1) is 12.6. The normalized spacial score (nSPS) is 23.5. The zero-order valence-corrected chi connectivity index (χ0v) is 11.4. The Labute approximate surface area is 106 Å². The van der Waals surface area contributed by atoms with Crippen LogP contribution in [0.1, 0.15) is 48.8 Å². The van der Waals surface area contributed by atoms with Gasteiger partial charge in [-0.2, -0.15) is 0 Å². The molecule has 94 valence electrons. The Kier molecular flexibility index (Phi) is 4.22. The maximum Gasteiger partial charge on any atom is -0.00147 e. The molecule has 1 heteroatoms. The van der Waals surface area contributed by atoms with Crippen molar-refractivity contribution in [2.75, 3.05) is 13.1 Å². The van der Waals surface area contributed by atoms with Crippen molar-refractivity contribution in [2.24, 2.45) is 5.92 Å². The minimum Gasteiger partial charge on any atom is -0.316 e. The van der Waals surface area contributed by atoms with Gasteiger partial charge in [0, 0.05) is 0 Å². The van der Waals surface area contributed by atoms with E-state index in [1.807, 2.05) is 0 Å². The van der Waals surface area contributed by atoms with Gasteiger partial charge in [0.15, 0.2) is 0 Å². The second-order valence-corrected chi connectivity index (χ2v) is 5.51. The topological polar surface area (TPSA) is 12.0 Å². The first-order valence-corrected chi connectivity index (χ1v) is 7.00. The van der Waals surface area contributed by atoms with Crippen LogP contribution in [-0.2, 0) is 0 Å².